The van der Waals surface area contributed by atoms with Gasteiger partial charge in [-0.05, 0) is 30.4 Å². The second-order valence-electron chi connectivity index (χ2n) is 5.18. The first kappa shape index (κ1) is 12.5. The number of carbonyl (C=O) groups excluding carboxylic acids is 1. The van der Waals surface area contributed by atoms with E-state index in [9.17, 15) is 4.79 Å². The Labute approximate surface area is 116 Å². The highest BCUT2D eigenvalue weighted by Gasteiger charge is 2.37. The van der Waals surface area contributed by atoms with Crippen molar-refractivity contribution in [1.82, 2.24) is 10.2 Å². The van der Waals surface area contributed by atoms with Crippen LogP contribution < -0.4 is 5.32 Å². The minimum Gasteiger partial charge on any atom is -0.342 e. The largest absolute Gasteiger partial charge is 0.342 e. The van der Waals surface area contributed by atoms with Crippen LogP contribution >= 0.6 is 22.9 Å². The number of carbonyl (C=O) groups is 1. The summed E-state index contributed by atoms with van der Waals surface area (Å²) in [5.74, 6) is 1.67. The Balaban J connectivity index is 1.50. The van der Waals surface area contributed by atoms with Gasteiger partial charge in [-0.3, -0.25) is 4.79 Å². The lowest BCUT2D eigenvalue weighted by Crippen LogP contribution is -2.31. The van der Waals surface area contributed by atoms with Gasteiger partial charge in [-0.15, -0.1) is 11.3 Å². The zero-order chi connectivity index (χ0) is 12.5. The topological polar surface area (TPSA) is 32.3 Å². The number of amides is 1. The molecule has 0 radical (unpaired) electrons. The number of aryl methyl sites for hydroxylation is 1. The molecule has 3 rings (SSSR count). The fourth-order valence-corrected chi connectivity index (χ4v) is 4.02. The number of likely N-dealkylation sites (tertiary alicyclic amines) is 1. The molecule has 1 aromatic rings. The molecular weight excluding hydrogens is 268 g/mol. The Morgan fingerprint density at radius 2 is 2.11 bits per heavy atom. The summed E-state index contributed by atoms with van der Waals surface area (Å²) >= 11 is 7.46. The molecule has 0 aromatic carbocycles. The van der Waals surface area contributed by atoms with Gasteiger partial charge >= 0.3 is 0 Å². The minimum absolute atomic E-state index is 0.300. The Morgan fingerprint density at radius 1 is 1.39 bits per heavy atom. The van der Waals surface area contributed by atoms with Crippen LogP contribution in [0.3, 0.4) is 0 Å². The van der Waals surface area contributed by atoms with Crippen LogP contribution in [-0.2, 0) is 11.2 Å². The van der Waals surface area contributed by atoms with Gasteiger partial charge in [0.25, 0.3) is 0 Å². The first-order valence-electron chi connectivity index (χ1n) is 6.45. The molecule has 3 nitrogen and oxygen atoms in total. The van der Waals surface area contributed by atoms with E-state index < -0.39 is 0 Å². The highest BCUT2D eigenvalue weighted by Crippen LogP contribution is 2.27. The maximum atomic E-state index is 12.1. The normalized spacial score (nSPS) is 26.6. The summed E-state index contributed by atoms with van der Waals surface area (Å²) in [6, 6.07) is 3.92. The number of thiophene rings is 1. The highest BCUT2D eigenvalue weighted by molar-refractivity contribution is 7.16. The van der Waals surface area contributed by atoms with E-state index in [0.29, 0.717) is 24.2 Å². The van der Waals surface area contributed by atoms with Crippen LogP contribution in [0.25, 0.3) is 0 Å². The summed E-state index contributed by atoms with van der Waals surface area (Å²) in [7, 11) is 0. The summed E-state index contributed by atoms with van der Waals surface area (Å²) in [5.41, 5.74) is 0. The van der Waals surface area contributed by atoms with Crippen molar-refractivity contribution in [2.45, 2.75) is 12.8 Å². The van der Waals surface area contributed by atoms with Gasteiger partial charge in [-0.2, -0.15) is 0 Å². The standard InChI is InChI=1S/C13H17ClN2OS/c14-12-3-1-11(18-12)2-4-13(17)16-7-9-5-15-6-10(9)8-16/h1,3,9-10,15H,2,4-8H2/t9-,10+. The monoisotopic (exact) mass is 284 g/mol. The summed E-state index contributed by atoms with van der Waals surface area (Å²) in [6.45, 7) is 4.05. The molecule has 0 saturated carbocycles. The summed E-state index contributed by atoms with van der Waals surface area (Å²) in [4.78, 5) is 15.4. The first-order valence-corrected chi connectivity index (χ1v) is 7.64. The van der Waals surface area contributed by atoms with Crippen molar-refractivity contribution in [1.29, 1.82) is 0 Å². The minimum atomic E-state index is 0.300. The third-order valence-corrected chi connectivity index (χ3v) is 5.25. The molecule has 0 unspecified atom stereocenters. The third kappa shape index (κ3) is 2.56. The zero-order valence-electron chi connectivity index (χ0n) is 10.2. The van der Waals surface area contributed by atoms with E-state index in [1.807, 2.05) is 17.0 Å². The van der Waals surface area contributed by atoms with Crippen molar-refractivity contribution in [2.75, 3.05) is 26.2 Å². The SMILES string of the molecule is O=C(CCc1ccc(Cl)s1)N1C[C@H]2CNC[C@H]2C1. The number of nitrogens with zero attached hydrogens (tertiary/aromatic N) is 1. The van der Waals surface area contributed by atoms with E-state index >= 15 is 0 Å². The Hall–Kier alpha value is -0.580. The number of fused-ring (bicyclic) bond motifs is 1. The molecule has 1 aromatic heterocycles. The van der Waals surface area contributed by atoms with Crippen LogP contribution in [-0.4, -0.2) is 37.0 Å². The molecular formula is C13H17ClN2OS. The van der Waals surface area contributed by atoms with Crippen molar-refractivity contribution >= 4 is 28.8 Å². The molecule has 2 aliphatic rings. The average Bonchev–Trinajstić information content (AvgIpc) is 3.00. The average molecular weight is 285 g/mol. The number of nitrogens with one attached hydrogen (secondary N) is 1. The Bertz CT molecular complexity index is 436. The Kier molecular flexibility index (Phi) is 3.59. The van der Waals surface area contributed by atoms with Gasteiger partial charge < -0.3 is 10.2 Å². The molecule has 0 aliphatic carbocycles. The van der Waals surface area contributed by atoms with Crippen molar-refractivity contribution in [3.05, 3.63) is 21.3 Å². The van der Waals surface area contributed by atoms with Gasteiger partial charge in [0.15, 0.2) is 0 Å². The molecule has 2 aliphatic heterocycles. The van der Waals surface area contributed by atoms with E-state index in [1.165, 1.54) is 4.88 Å². The molecule has 2 saturated heterocycles. The van der Waals surface area contributed by atoms with Crippen LogP contribution in [0.5, 0.6) is 0 Å². The van der Waals surface area contributed by atoms with E-state index in [2.05, 4.69) is 5.32 Å². The van der Waals surface area contributed by atoms with Gasteiger partial charge in [0.2, 0.25) is 5.91 Å². The highest BCUT2D eigenvalue weighted by atomic mass is 35.5. The predicted molar refractivity (Wildman–Crippen MR) is 74.1 cm³/mol. The molecule has 2 atom stereocenters. The fraction of sp³-hybridized carbons (Fsp3) is 0.615. The number of rotatable bonds is 3. The van der Waals surface area contributed by atoms with E-state index in [-0.39, 0.29) is 0 Å². The molecule has 0 spiro atoms. The second kappa shape index (κ2) is 5.19. The molecule has 1 N–H and O–H groups in total. The van der Waals surface area contributed by atoms with Gasteiger partial charge in [0, 0.05) is 37.5 Å². The maximum Gasteiger partial charge on any atom is 0.222 e. The Morgan fingerprint density at radius 3 is 2.72 bits per heavy atom. The van der Waals surface area contributed by atoms with Gasteiger partial charge in [-0.25, -0.2) is 0 Å². The lowest BCUT2D eigenvalue weighted by molar-refractivity contribution is -0.130. The third-order valence-electron chi connectivity index (χ3n) is 3.96. The van der Waals surface area contributed by atoms with Gasteiger partial charge in [0.1, 0.15) is 0 Å². The molecule has 98 valence electrons. The summed E-state index contributed by atoms with van der Waals surface area (Å²) in [6.07, 6.45) is 1.43. The van der Waals surface area contributed by atoms with Crippen LogP contribution in [0.2, 0.25) is 4.34 Å². The van der Waals surface area contributed by atoms with E-state index in [0.717, 1.165) is 36.9 Å². The van der Waals surface area contributed by atoms with Gasteiger partial charge in [0.05, 0.1) is 4.34 Å². The van der Waals surface area contributed by atoms with Crippen molar-refractivity contribution < 1.29 is 4.79 Å². The van der Waals surface area contributed by atoms with E-state index in [4.69, 9.17) is 11.6 Å². The van der Waals surface area contributed by atoms with Crippen molar-refractivity contribution in [3.8, 4) is 0 Å². The predicted octanol–water partition coefficient (Wildman–Crippen LogP) is 2.01. The molecule has 1 amide bonds. The molecule has 18 heavy (non-hydrogen) atoms. The van der Waals surface area contributed by atoms with Crippen LogP contribution in [0, 0.1) is 11.8 Å². The number of hydrogen-bond donors (Lipinski definition) is 1. The van der Waals surface area contributed by atoms with Crippen molar-refractivity contribution in [3.63, 3.8) is 0 Å². The second-order valence-corrected chi connectivity index (χ2v) is 6.98. The summed E-state index contributed by atoms with van der Waals surface area (Å²) < 4.78 is 0.805. The molecule has 2 fully saturated rings. The van der Waals surface area contributed by atoms with Crippen LogP contribution in [0.1, 0.15) is 11.3 Å². The van der Waals surface area contributed by atoms with Crippen LogP contribution in [0.15, 0.2) is 12.1 Å². The maximum absolute atomic E-state index is 12.1. The lowest BCUT2D eigenvalue weighted by Gasteiger charge is -2.17. The quantitative estimate of drug-likeness (QED) is 0.921. The summed E-state index contributed by atoms with van der Waals surface area (Å²) in [5, 5.41) is 3.39. The zero-order valence-corrected chi connectivity index (χ0v) is 11.8. The molecule has 3 heterocycles. The molecule has 0 bridgehead atoms. The van der Waals surface area contributed by atoms with Gasteiger partial charge in [-0.1, -0.05) is 11.6 Å². The fourth-order valence-electron chi connectivity index (χ4n) is 2.93. The van der Waals surface area contributed by atoms with Crippen molar-refractivity contribution in [2.24, 2.45) is 11.8 Å². The first-order chi connectivity index (χ1) is 8.72. The lowest BCUT2D eigenvalue weighted by atomic mass is 10.0. The number of hydrogen-bond acceptors (Lipinski definition) is 3. The van der Waals surface area contributed by atoms with E-state index in [1.54, 1.807) is 11.3 Å². The molecule has 5 heteroatoms. The smallest absolute Gasteiger partial charge is 0.222 e. The number of halogens is 1. The van der Waals surface area contributed by atoms with Crippen LogP contribution in [0.4, 0.5) is 0 Å².